The Hall–Kier alpha value is -9.04. The molecule has 2 fully saturated rings. The lowest BCUT2D eigenvalue weighted by Gasteiger charge is -2.22. The predicted octanol–water partition coefficient (Wildman–Crippen LogP) is 2.75. The summed E-state index contributed by atoms with van der Waals surface area (Å²) in [7, 11) is -4.84. The number of amides is 4. The Bertz CT molecular complexity index is 4410. The highest BCUT2D eigenvalue weighted by atomic mass is 31.2. The van der Waals surface area contributed by atoms with Gasteiger partial charge in [-0.05, 0) is 98.1 Å². The fourth-order valence-corrected chi connectivity index (χ4v) is 13.8. The van der Waals surface area contributed by atoms with Crippen molar-refractivity contribution in [1.82, 2.24) is 55.7 Å². The number of carbonyl (C=O) groups is 5. The Kier molecular flexibility index (Phi) is 35.4. The average molecular weight is 1570 g/mol. The molecule has 0 radical (unpaired) electrons. The number of nitrogens with two attached hydrogens (primary N) is 1. The number of carbonyl (C=O) groups excluding carboxylic acids is 4. The maximum Gasteiger partial charge on any atom is 0.472 e. The molecule has 9 unspecified atom stereocenters. The van der Waals surface area contributed by atoms with E-state index < -0.39 is 97.6 Å². The zero-order valence-electron chi connectivity index (χ0n) is 62.6. The number of carboxylic acids is 1. The van der Waals surface area contributed by atoms with Crippen LogP contribution in [0.4, 0.5) is 0 Å². The van der Waals surface area contributed by atoms with Crippen LogP contribution in [0.15, 0.2) is 105 Å². The standard InChI is InChI=1S/C75H103N12O22P.H2O/c1-4-60-61-42-68(107-60)87-46-53(72(93)85-75(87)97)18-20-64(89)78-24-12-28-103-32-36-104-33-29-100-25-7-5-21-79-65(90)40-50-13-9-15-56-54(43-81-69(50)56)38-58(76)49(3)83-59(73(94)95)39-55-44-82-70-51(14-10-16-57(55)70)41-66(91)80-22-6-8-26-101-30-34-105-35-31-102-27-11-23-77-63(88)19-17-52-45-86(74(96)84-71(52)92)67-37-48(2)62(108-67)47-106-110(98,99)109-61;/h9-10,13-20,43-46,48,58-62,67-68,81-83H,3-8,11-12,21-42,47,76H2,1-2H3,(H,77,88)(H,78,89)(H,79,90)(H,80,91)(H,94,95)(H,98,99)(H,84,92,96)(H,85,93,97);1H2. The summed E-state index contributed by atoms with van der Waals surface area (Å²) < 4.78 is 72.9. The fraction of sp³-hybridized carbons (Fsp3) is 0.533. The largest absolute Gasteiger partial charge is 0.480 e. The van der Waals surface area contributed by atoms with Crippen LogP contribution < -0.4 is 54.8 Å². The fourth-order valence-electron chi connectivity index (χ4n) is 12.8. The summed E-state index contributed by atoms with van der Waals surface area (Å²) in [6.45, 7) is 13.0. The summed E-state index contributed by atoms with van der Waals surface area (Å²) in [6, 6.07) is 9.58. The van der Waals surface area contributed by atoms with Gasteiger partial charge in [-0.1, -0.05) is 56.8 Å². The summed E-state index contributed by atoms with van der Waals surface area (Å²) in [4.78, 5) is 138. The molecule has 608 valence electrons. The number of para-hydroxylation sites is 2. The number of benzene rings is 2. The first-order chi connectivity index (χ1) is 53.1. The number of fused-ring (bicyclic) bond motifs is 10. The smallest absolute Gasteiger partial charge is 0.472 e. The number of phosphoric acid groups is 1. The van der Waals surface area contributed by atoms with Gasteiger partial charge in [-0.2, -0.15) is 0 Å². The number of hydrogen-bond donors (Lipinski definition) is 12. The van der Waals surface area contributed by atoms with E-state index in [0.29, 0.717) is 143 Å². The van der Waals surface area contributed by atoms with Gasteiger partial charge in [0.1, 0.15) is 18.5 Å². The first kappa shape index (κ1) is 87.5. The van der Waals surface area contributed by atoms with Gasteiger partial charge in [0, 0.05) is 136 Å². The molecule has 2 aromatic carbocycles. The van der Waals surface area contributed by atoms with Crippen molar-refractivity contribution in [3.05, 3.63) is 161 Å². The normalized spacial score (nSPS) is 25.1. The van der Waals surface area contributed by atoms with Crippen LogP contribution in [0.3, 0.4) is 0 Å². The van der Waals surface area contributed by atoms with Crippen molar-refractivity contribution < 1.29 is 91.0 Å². The molecule has 36 heteroatoms. The van der Waals surface area contributed by atoms with Crippen LogP contribution in [0.1, 0.15) is 117 Å². The molecule has 15 N–H and O–H groups in total. The van der Waals surface area contributed by atoms with Gasteiger partial charge in [0.15, 0.2) is 0 Å². The third-order valence-electron chi connectivity index (χ3n) is 18.8. The number of rotatable bonds is 2. The molecule has 9 atom stereocenters. The van der Waals surface area contributed by atoms with Crippen molar-refractivity contribution in [2.24, 2.45) is 11.7 Å². The van der Waals surface area contributed by atoms with E-state index in [-0.39, 0.29) is 79.5 Å². The SMILES string of the molecule is C=C1NC(C(=O)O)Cc2c[nH]c3c(cccc23)CC(=O)NCCCCOCCOCCOCCCNC(=O)C=Cc2cn(c(=O)[nH]c2=O)C2CC(C)C(COP(=O)(O)OC3CC(OC3CC)n3cc(c(=O)[nH]c3=O)C=CC(=O)NCCCOCCOCCOCCCCNC(=O)Cc3cccc4c(c[nH]c34)CC1N)O2.O. The second kappa shape index (κ2) is 44.9. The van der Waals surface area contributed by atoms with Gasteiger partial charge in [0.05, 0.1) is 102 Å². The van der Waals surface area contributed by atoms with Gasteiger partial charge in [-0.15, -0.1) is 0 Å². The Balaban J connectivity index is 0.0000155. The molecule has 0 saturated carbocycles. The number of aromatic nitrogens is 6. The molecule has 0 aliphatic carbocycles. The van der Waals surface area contributed by atoms with Crippen LogP contribution in [-0.4, -0.2) is 217 Å². The average Bonchev–Trinajstić information content (AvgIpc) is 1.68. The maximum atomic E-state index is 13.5. The highest BCUT2D eigenvalue weighted by Gasteiger charge is 2.43. The third kappa shape index (κ3) is 27.4. The minimum atomic E-state index is -4.84. The molecular formula is C75H105N12O23P. The van der Waals surface area contributed by atoms with Crippen LogP contribution in [-0.2, 0) is 101 Å². The van der Waals surface area contributed by atoms with E-state index in [1.54, 1.807) is 20.0 Å². The second-order valence-electron chi connectivity index (χ2n) is 27.0. The minimum absolute atomic E-state index is 0. The van der Waals surface area contributed by atoms with Crippen molar-refractivity contribution in [3.8, 4) is 0 Å². The van der Waals surface area contributed by atoms with Gasteiger partial charge in [-0.3, -0.25) is 56.9 Å². The van der Waals surface area contributed by atoms with Crippen molar-refractivity contribution in [2.75, 3.05) is 112 Å². The summed E-state index contributed by atoms with van der Waals surface area (Å²) in [5, 5.41) is 26.5. The van der Waals surface area contributed by atoms with Gasteiger partial charge < -0.3 is 95.7 Å². The zero-order valence-corrected chi connectivity index (χ0v) is 63.5. The highest BCUT2D eigenvalue weighted by molar-refractivity contribution is 7.47. The van der Waals surface area contributed by atoms with Crippen LogP contribution in [0.25, 0.3) is 34.0 Å². The van der Waals surface area contributed by atoms with Gasteiger partial charge >= 0.3 is 25.2 Å². The first-order valence-electron chi connectivity index (χ1n) is 37.3. The zero-order chi connectivity index (χ0) is 78.4. The summed E-state index contributed by atoms with van der Waals surface area (Å²) in [5.41, 5.74) is 8.56. The number of carboxylic acid groups (broad SMARTS) is 1. The van der Waals surface area contributed by atoms with Crippen LogP contribution in [0, 0.1) is 5.92 Å². The summed E-state index contributed by atoms with van der Waals surface area (Å²) in [6.07, 6.45) is 11.1. The Morgan fingerprint density at radius 3 is 1.50 bits per heavy atom. The lowest BCUT2D eigenvalue weighted by atomic mass is 9.99. The number of nitrogens with one attached hydrogen (secondary N) is 9. The predicted molar refractivity (Wildman–Crippen MR) is 409 cm³/mol. The molecule has 6 aromatic rings. The molecule has 4 amide bonds. The van der Waals surface area contributed by atoms with E-state index in [1.807, 2.05) is 42.6 Å². The number of hydrogen-bond acceptors (Lipinski definition) is 22. The van der Waals surface area contributed by atoms with E-state index in [4.69, 9.17) is 52.7 Å². The van der Waals surface area contributed by atoms with E-state index in [1.165, 1.54) is 24.5 Å². The van der Waals surface area contributed by atoms with E-state index >= 15 is 0 Å². The Morgan fingerprint density at radius 2 is 1.03 bits per heavy atom. The molecule has 9 rings (SSSR count). The number of phosphoric ester groups is 1. The molecule has 2 saturated heterocycles. The number of H-pyrrole nitrogens is 4. The number of ether oxygens (including phenoxy) is 8. The van der Waals surface area contributed by atoms with E-state index in [0.717, 1.165) is 71.8 Å². The van der Waals surface area contributed by atoms with E-state index in [2.05, 4.69) is 53.1 Å². The topological polar surface area (TPSA) is 494 Å². The lowest BCUT2D eigenvalue weighted by molar-refractivity contribution is -0.139. The number of aliphatic carboxylic acids is 1. The third-order valence-corrected chi connectivity index (χ3v) is 19.8. The minimum Gasteiger partial charge on any atom is -0.480 e. The van der Waals surface area contributed by atoms with Crippen molar-refractivity contribution >= 4 is 71.4 Å². The Labute approximate surface area is 640 Å². The van der Waals surface area contributed by atoms with Crippen molar-refractivity contribution in [2.45, 2.75) is 140 Å². The quantitative estimate of drug-likeness (QED) is 0.111. The number of aromatic amines is 4. The van der Waals surface area contributed by atoms with Crippen LogP contribution >= 0.6 is 7.82 Å². The second-order valence-corrected chi connectivity index (χ2v) is 28.4. The first-order valence-corrected chi connectivity index (χ1v) is 38.8. The van der Waals surface area contributed by atoms with Crippen LogP contribution in [0.2, 0.25) is 0 Å². The maximum absolute atomic E-state index is 13.5. The van der Waals surface area contributed by atoms with Crippen molar-refractivity contribution in [3.63, 3.8) is 0 Å². The van der Waals surface area contributed by atoms with E-state index in [9.17, 15) is 57.7 Å². The molecular weight excluding hydrogens is 1470 g/mol. The highest BCUT2D eigenvalue weighted by Crippen LogP contribution is 2.50. The molecule has 111 heavy (non-hydrogen) atoms. The number of nitrogens with zero attached hydrogens (tertiary/aromatic N) is 2. The molecule has 3 aliphatic rings. The molecule has 4 aromatic heterocycles. The molecule has 16 bridgehead atoms. The Morgan fingerprint density at radius 1 is 0.577 bits per heavy atom. The van der Waals surface area contributed by atoms with Gasteiger partial charge in [-0.25, -0.2) is 18.9 Å². The molecule has 35 nitrogen and oxygen atoms in total. The monoisotopic (exact) mass is 1570 g/mol. The van der Waals surface area contributed by atoms with Crippen molar-refractivity contribution in [1.29, 1.82) is 0 Å². The molecule has 7 heterocycles. The van der Waals surface area contributed by atoms with Gasteiger partial charge in [0.25, 0.3) is 11.1 Å². The van der Waals surface area contributed by atoms with Crippen LogP contribution in [0.5, 0.6) is 0 Å². The summed E-state index contributed by atoms with van der Waals surface area (Å²) in [5.74, 6) is -2.71. The molecule has 3 aliphatic heterocycles. The molecule has 0 spiro atoms. The summed E-state index contributed by atoms with van der Waals surface area (Å²) >= 11 is 0. The van der Waals surface area contributed by atoms with Gasteiger partial charge in [0.2, 0.25) is 23.6 Å². The lowest BCUT2D eigenvalue weighted by Crippen LogP contribution is -2.43.